The van der Waals surface area contributed by atoms with Crippen molar-refractivity contribution in [1.29, 1.82) is 0 Å². The molecule has 1 aromatic carbocycles. The third-order valence-corrected chi connectivity index (χ3v) is 6.13. The summed E-state index contributed by atoms with van der Waals surface area (Å²) in [6.45, 7) is 0.466. The Hall–Kier alpha value is -1.43. The van der Waals surface area contributed by atoms with E-state index < -0.39 is 15.5 Å². The van der Waals surface area contributed by atoms with E-state index in [1.807, 2.05) is 18.2 Å². The van der Waals surface area contributed by atoms with Crippen molar-refractivity contribution >= 4 is 16.1 Å². The molecule has 1 atom stereocenters. The van der Waals surface area contributed by atoms with Gasteiger partial charge in [0.25, 0.3) is 0 Å². The Balaban J connectivity index is 1.82. The van der Waals surface area contributed by atoms with Crippen molar-refractivity contribution in [1.82, 2.24) is 4.90 Å². The van der Waals surface area contributed by atoms with Gasteiger partial charge in [0, 0.05) is 24.9 Å². The number of rotatable bonds is 4. The predicted molar refractivity (Wildman–Crippen MR) is 81.6 cm³/mol. The lowest BCUT2D eigenvalue weighted by Crippen LogP contribution is -2.40. The van der Waals surface area contributed by atoms with Gasteiger partial charge in [0.15, 0.2) is 0 Å². The SMILES string of the molecule is O=C1CC(S(=O)(=O)F)CN1CC1(c2ccccc2)CCCC1. The zero-order valence-electron chi connectivity index (χ0n) is 12.4. The summed E-state index contributed by atoms with van der Waals surface area (Å²) < 4.78 is 35.3. The maximum atomic E-state index is 13.2. The van der Waals surface area contributed by atoms with Crippen LogP contribution in [0.2, 0.25) is 0 Å². The molecular weight excluding hydrogens is 305 g/mol. The van der Waals surface area contributed by atoms with Crippen LogP contribution in [-0.2, 0) is 20.4 Å². The second kappa shape index (κ2) is 5.65. The van der Waals surface area contributed by atoms with E-state index in [9.17, 15) is 17.1 Å². The Morgan fingerprint density at radius 3 is 2.36 bits per heavy atom. The first-order chi connectivity index (χ1) is 10.4. The average Bonchev–Trinajstić information content (AvgIpc) is 3.09. The number of amides is 1. The van der Waals surface area contributed by atoms with Gasteiger partial charge in [-0.25, -0.2) is 0 Å². The van der Waals surface area contributed by atoms with Crippen LogP contribution in [0.4, 0.5) is 3.89 Å². The van der Waals surface area contributed by atoms with Crippen molar-refractivity contribution in [2.45, 2.75) is 42.8 Å². The van der Waals surface area contributed by atoms with Crippen molar-refractivity contribution in [2.75, 3.05) is 13.1 Å². The molecule has 1 unspecified atom stereocenters. The van der Waals surface area contributed by atoms with Gasteiger partial charge in [-0.3, -0.25) is 4.79 Å². The van der Waals surface area contributed by atoms with E-state index in [0.717, 1.165) is 25.7 Å². The molecule has 1 heterocycles. The average molecular weight is 325 g/mol. The summed E-state index contributed by atoms with van der Waals surface area (Å²) in [7, 11) is -4.65. The Morgan fingerprint density at radius 1 is 1.18 bits per heavy atom. The summed E-state index contributed by atoms with van der Waals surface area (Å²) in [5, 5.41) is -1.20. The zero-order chi connectivity index (χ0) is 15.8. The van der Waals surface area contributed by atoms with Gasteiger partial charge in [0.1, 0.15) is 5.25 Å². The van der Waals surface area contributed by atoms with Crippen LogP contribution >= 0.6 is 0 Å². The summed E-state index contributed by atoms with van der Waals surface area (Å²) in [5.41, 5.74) is 1.07. The Bertz CT molecular complexity index is 653. The number of carbonyl (C=O) groups is 1. The largest absolute Gasteiger partial charge is 0.340 e. The van der Waals surface area contributed by atoms with E-state index in [2.05, 4.69) is 12.1 Å². The second-order valence-corrected chi connectivity index (χ2v) is 8.05. The predicted octanol–water partition coefficient (Wildman–Crippen LogP) is 2.40. The molecular formula is C16H20FNO3S. The Labute approximate surface area is 130 Å². The van der Waals surface area contributed by atoms with Crippen LogP contribution in [0.15, 0.2) is 30.3 Å². The zero-order valence-corrected chi connectivity index (χ0v) is 13.2. The molecule has 1 saturated heterocycles. The summed E-state index contributed by atoms with van der Waals surface area (Å²) in [5.74, 6) is -0.256. The topological polar surface area (TPSA) is 54.5 Å². The number of nitrogens with zero attached hydrogens (tertiary/aromatic N) is 1. The highest BCUT2D eigenvalue weighted by atomic mass is 32.3. The van der Waals surface area contributed by atoms with E-state index in [0.29, 0.717) is 6.54 Å². The smallest absolute Gasteiger partial charge is 0.307 e. The van der Waals surface area contributed by atoms with E-state index in [4.69, 9.17) is 0 Å². The van der Waals surface area contributed by atoms with Gasteiger partial charge in [-0.1, -0.05) is 43.2 Å². The summed E-state index contributed by atoms with van der Waals surface area (Å²) in [6.07, 6.45) is 3.93. The third-order valence-electron chi connectivity index (χ3n) is 5.02. The summed E-state index contributed by atoms with van der Waals surface area (Å²) in [4.78, 5) is 13.6. The maximum Gasteiger partial charge on any atom is 0.307 e. The maximum absolute atomic E-state index is 13.2. The van der Waals surface area contributed by atoms with Crippen LogP contribution in [0, 0.1) is 0 Å². The van der Waals surface area contributed by atoms with Crippen LogP contribution in [0.1, 0.15) is 37.7 Å². The molecule has 0 radical (unpaired) electrons. The van der Waals surface area contributed by atoms with E-state index in [1.165, 1.54) is 5.56 Å². The lowest BCUT2D eigenvalue weighted by molar-refractivity contribution is -0.128. The molecule has 2 aliphatic rings. The molecule has 0 bridgehead atoms. The van der Waals surface area contributed by atoms with Crippen molar-refractivity contribution in [2.24, 2.45) is 0 Å². The minimum absolute atomic E-state index is 0.0216. The molecule has 4 nitrogen and oxygen atoms in total. The molecule has 3 rings (SSSR count). The minimum atomic E-state index is -4.65. The number of benzene rings is 1. The fraction of sp³-hybridized carbons (Fsp3) is 0.562. The van der Waals surface area contributed by atoms with Crippen LogP contribution in [0.25, 0.3) is 0 Å². The molecule has 2 fully saturated rings. The Morgan fingerprint density at radius 2 is 1.82 bits per heavy atom. The van der Waals surface area contributed by atoms with Crippen LogP contribution in [-0.4, -0.2) is 37.6 Å². The first kappa shape index (κ1) is 15.5. The fourth-order valence-electron chi connectivity index (χ4n) is 3.82. The molecule has 1 aliphatic carbocycles. The number of carbonyl (C=O) groups excluding carboxylic acids is 1. The van der Waals surface area contributed by atoms with Crippen LogP contribution < -0.4 is 0 Å². The van der Waals surface area contributed by atoms with Gasteiger partial charge < -0.3 is 4.90 Å². The minimum Gasteiger partial charge on any atom is -0.340 e. The highest BCUT2D eigenvalue weighted by Gasteiger charge is 2.44. The number of hydrogen-bond donors (Lipinski definition) is 0. The first-order valence-corrected chi connectivity index (χ1v) is 9.12. The molecule has 6 heteroatoms. The van der Waals surface area contributed by atoms with Gasteiger partial charge in [0.2, 0.25) is 5.91 Å². The van der Waals surface area contributed by atoms with E-state index >= 15 is 0 Å². The van der Waals surface area contributed by atoms with Gasteiger partial charge >= 0.3 is 10.2 Å². The lowest BCUT2D eigenvalue weighted by Gasteiger charge is -2.34. The van der Waals surface area contributed by atoms with Gasteiger partial charge in [-0.15, -0.1) is 3.89 Å². The van der Waals surface area contributed by atoms with Gasteiger partial charge in [0.05, 0.1) is 0 Å². The highest BCUT2D eigenvalue weighted by molar-refractivity contribution is 7.87. The molecule has 22 heavy (non-hydrogen) atoms. The summed E-state index contributed by atoms with van der Waals surface area (Å²) in [6, 6.07) is 10.1. The quantitative estimate of drug-likeness (QED) is 0.799. The van der Waals surface area contributed by atoms with Gasteiger partial charge in [-0.2, -0.15) is 8.42 Å². The van der Waals surface area contributed by atoms with Crippen molar-refractivity contribution in [3.05, 3.63) is 35.9 Å². The molecule has 0 aromatic heterocycles. The molecule has 1 aromatic rings. The third kappa shape index (κ3) is 2.89. The van der Waals surface area contributed by atoms with Gasteiger partial charge in [-0.05, 0) is 18.4 Å². The molecule has 120 valence electrons. The first-order valence-electron chi connectivity index (χ1n) is 7.67. The molecule has 1 saturated carbocycles. The normalized spacial score (nSPS) is 24.9. The number of hydrogen-bond acceptors (Lipinski definition) is 3. The van der Waals surface area contributed by atoms with Crippen LogP contribution in [0.3, 0.4) is 0 Å². The summed E-state index contributed by atoms with van der Waals surface area (Å²) >= 11 is 0. The van der Waals surface area contributed by atoms with Crippen molar-refractivity contribution < 1.29 is 17.1 Å². The van der Waals surface area contributed by atoms with Crippen molar-refractivity contribution in [3.63, 3.8) is 0 Å². The molecule has 1 aliphatic heterocycles. The van der Waals surface area contributed by atoms with Crippen LogP contribution in [0.5, 0.6) is 0 Å². The number of likely N-dealkylation sites (tertiary alicyclic amines) is 1. The highest BCUT2D eigenvalue weighted by Crippen LogP contribution is 2.42. The molecule has 0 N–H and O–H groups in total. The van der Waals surface area contributed by atoms with E-state index in [-0.39, 0.29) is 24.3 Å². The number of halogens is 1. The molecule has 1 amide bonds. The fourth-order valence-corrected chi connectivity index (χ4v) is 4.52. The monoisotopic (exact) mass is 325 g/mol. The Kier molecular flexibility index (Phi) is 3.97. The standard InChI is InChI=1S/C16H20FNO3S/c17-22(20,21)14-10-15(19)18(11-14)12-16(8-4-5-9-16)13-6-2-1-3-7-13/h1-3,6-7,14H,4-5,8-12H2. The van der Waals surface area contributed by atoms with E-state index in [1.54, 1.807) is 4.90 Å². The second-order valence-electron chi connectivity index (χ2n) is 6.43. The molecule has 0 spiro atoms. The lowest BCUT2D eigenvalue weighted by atomic mass is 9.78. The van der Waals surface area contributed by atoms with Crippen molar-refractivity contribution in [3.8, 4) is 0 Å².